The van der Waals surface area contributed by atoms with E-state index in [9.17, 15) is 4.79 Å². The second kappa shape index (κ2) is 5.30. The predicted octanol–water partition coefficient (Wildman–Crippen LogP) is 2.54. The number of nitrogens with zero attached hydrogens (tertiary/aromatic N) is 2. The van der Waals surface area contributed by atoms with E-state index in [1.54, 1.807) is 12.4 Å². The molecule has 6 heteroatoms. The number of aromatic amines is 1. The van der Waals surface area contributed by atoms with Crippen molar-refractivity contribution in [2.75, 3.05) is 0 Å². The summed E-state index contributed by atoms with van der Waals surface area (Å²) in [6.07, 6.45) is 4.90. The molecule has 0 aliphatic rings. The van der Waals surface area contributed by atoms with Crippen LogP contribution >= 0.6 is 11.6 Å². The molecule has 1 aromatic carbocycles. The molecule has 0 aliphatic heterocycles. The molecule has 0 spiro atoms. The van der Waals surface area contributed by atoms with Crippen molar-refractivity contribution in [3.8, 4) is 0 Å². The van der Waals surface area contributed by atoms with Crippen LogP contribution in [-0.4, -0.2) is 21.1 Å². The number of fused-ring (bicyclic) bond motifs is 1. The number of halogens is 1. The van der Waals surface area contributed by atoms with Crippen molar-refractivity contribution >= 4 is 28.3 Å². The van der Waals surface area contributed by atoms with Crippen molar-refractivity contribution in [2.24, 2.45) is 0 Å². The summed E-state index contributed by atoms with van der Waals surface area (Å²) in [7, 11) is 0. The van der Waals surface area contributed by atoms with Crippen LogP contribution in [-0.2, 0) is 6.54 Å². The molecule has 3 rings (SSSR count). The molecule has 0 saturated heterocycles. The molecule has 2 N–H and O–H groups in total. The number of hydrogen-bond acceptors (Lipinski definition) is 3. The Morgan fingerprint density at radius 3 is 2.80 bits per heavy atom. The lowest BCUT2D eigenvalue weighted by molar-refractivity contribution is 0.0952. The Morgan fingerprint density at radius 2 is 2.05 bits per heavy atom. The van der Waals surface area contributed by atoms with Gasteiger partial charge in [-0.1, -0.05) is 35.9 Å². The number of aromatic nitrogens is 3. The fourth-order valence-corrected chi connectivity index (χ4v) is 2.20. The van der Waals surface area contributed by atoms with E-state index in [1.165, 1.54) is 6.20 Å². The van der Waals surface area contributed by atoms with E-state index < -0.39 is 0 Å². The molecule has 0 radical (unpaired) electrons. The van der Waals surface area contributed by atoms with Gasteiger partial charge in [-0.3, -0.25) is 9.89 Å². The van der Waals surface area contributed by atoms with Gasteiger partial charge in [0.1, 0.15) is 5.15 Å². The molecule has 0 saturated carbocycles. The van der Waals surface area contributed by atoms with Gasteiger partial charge in [0.15, 0.2) is 0 Å². The lowest BCUT2D eigenvalue weighted by Gasteiger charge is -2.07. The number of H-pyrrole nitrogens is 1. The van der Waals surface area contributed by atoms with E-state index in [4.69, 9.17) is 11.6 Å². The van der Waals surface area contributed by atoms with Gasteiger partial charge in [-0.15, -0.1) is 0 Å². The van der Waals surface area contributed by atoms with Crippen LogP contribution in [0.15, 0.2) is 42.9 Å². The third kappa shape index (κ3) is 2.35. The molecule has 100 valence electrons. The molecule has 2 aromatic heterocycles. The molecule has 1 amide bonds. The highest BCUT2D eigenvalue weighted by Crippen LogP contribution is 2.24. The van der Waals surface area contributed by atoms with Crippen molar-refractivity contribution in [1.29, 1.82) is 0 Å². The number of carbonyl (C=O) groups excluding carboxylic acids is 1. The summed E-state index contributed by atoms with van der Waals surface area (Å²) in [5.74, 6) is -0.188. The molecule has 3 aromatic rings. The van der Waals surface area contributed by atoms with Gasteiger partial charge in [0.05, 0.1) is 11.8 Å². The van der Waals surface area contributed by atoms with Crippen molar-refractivity contribution in [1.82, 2.24) is 20.5 Å². The third-order valence-corrected chi connectivity index (χ3v) is 3.30. The average Bonchev–Trinajstić information content (AvgIpc) is 2.99. The molecular formula is C14H11ClN4O. The van der Waals surface area contributed by atoms with E-state index in [0.717, 1.165) is 16.3 Å². The van der Waals surface area contributed by atoms with Gasteiger partial charge >= 0.3 is 0 Å². The zero-order chi connectivity index (χ0) is 13.9. The monoisotopic (exact) mass is 286 g/mol. The third-order valence-electron chi connectivity index (χ3n) is 3.00. The van der Waals surface area contributed by atoms with Crippen LogP contribution in [0.25, 0.3) is 10.8 Å². The fourth-order valence-electron chi connectivity index (χ4n) is 1.99. The van der Waals surface area contributed by atoms with Crippen LogP contribution in [0, 0.1) is 0 Å². The number of pyridine rings is 1. The number of nitrogens with one attached hydrogen (secondary N) is 2. The highest BCUT2D eigenvalue weighted by Gasteiger charge is 2.12. The molecule has 0 fully saturated rings. The molecule has 0 atom stereocenters. The lowest BCUT2D eigenvalue weighted by atomic mass is 10.1. The second-order valence-electron chi connectivity index (χ2n) is 4.30. The highest BCUT2D eigenvalue weighted by atomic mass is 35.5. The summed E-state index contributed by atoms with van der Waals surface area (Å²) < 4.78 is 0. The van der Waals surface area contributed by atoms with Gasteiger partial charge in [0.2, 0.25) is 0 Å². The van der Waals surface area contributed by atoms with Gasteiger partial charge in [0.25, 0.3) is 5.91 Å². The molecule has 0 bridgehead atoms. The second-order valence-corrected chi connectivity index (χ2v) is 4.66. The largest absolute Gasteiger partial charge is 0.348 e. The van der Waals surface area contributed by atoms with Crippen LogP contribution < -0.4 is 5.32 Å². The Morgan fingerprint density at radius 1 is 1.25 bits per heavy atom. The minimum absolute atomic E-state index is 0.188. The van der Waals surface area contributed by atoms with Crippen molar-refractivity contribution in [3.05, 3.63) is 59.1 Å². The Balaban J connectivity index is 1.90. The van der Waals surface area contributed by atoms with E-state index in [-0.39, 0.29) is 5.91 Å². The van der Waals surface area contributed by atoms with Crippen LogP contribution in [0.4, 0.5) is 0 Å². The zero-order valence-corrected chi connectivity index (χ0v) is 11.2. The Hall–Kier alpha value is -2.40. The average molecular weight is 287 g/mol. The summed E-state index contributed by atoms with van der Waals surface area (Å²) >= 11 is 6.04. The summed E-state index contributed by atoms with van der Waals surface area (Å²) in [6, 6.07) is 7.43. The van der Waals surface area contributed by atoms with E-state index in [2.05, 4.69) is 20.5 Å². The molecular weight excluding hydrogens is 276 g/mol. The van der Waals surface area contributed by atoms with Crippen molar-refractivity contribution in [3.63, 3.8) is 0 Å². The quantitative estimate of drug-likeness (QED) is 0.727. The normalized spacial score (nSPS) is 10.7. The molecule has 2 heterocycles. The minimum Gasteiger partial charge on any atom is -0.348 e. The lowest BCUT2D eigenvalue weighted by Crippen LogP contribution is -2.23. The first-order valence-electron chi connectivity index (χ1n) is 6.05. The standard InChI is InChI=1S/C14H11ClN4O/c15-13-11-4-2-1-3-10(11)12(8-16-13)14(20)17-5-9-6-18-19-7-9/h1-4,6-8H,5H2,(H,17,20)(H,18,19). The first-order chi connectivity index (χ1) is 9.75. The first-order valence-corrected chi connectivity index (χ1v) is 6.42. The van der Waals surface area contributed by atoms with Gasteiger partial charge in [-0.2, -0.15) is 5.10 Å². The Kier molecular flexibility index (Phi) is 3.35. The SMILES string of the molecule is O=C(NCc1cn[nH]c1)c1cnc(Cl)c2ccccc12. The van der Waals surface area contributed by atoms with E-state index in [1.807, 2.05) is 24.3 Å². The molecule has 0 aliphatic carbocycles. The van der Waals surface area contributed by atoms with Crippen molar-refractivity contribution < 1.29 is 4.79 Å². The number of carbonyl (C=O) groups is 1. The van der Waals surface area contributed by atoms with Crippen LogP contribution in [0.1, 0.15) is 15.9 Å². The van der Waals surface area contributed by atoms with E-state index in [0.29, 0.717) is 17.3 Å². The number of benzene rings is 1. The number of hydrogen-bond donors (Lipinski definition) is 2. The van der Waals surface area contributed by atoms with Gasteiger partial charge in [-0.25, -0.2) is 4.98 Å². The fraction of sp³-hybridized carbons (Fsp3) is 0.0714. The van der Waals surface area contributed by atoms with Crippen LogP contribution in [0.2, 0.25) is 5.15 Å². The zero-order valence-electron chi connectivity index (χ0n) is 10.4. The highest BCUT2D eigenvalue weighted by molar-refractivity contribution is 6.34. The summed E-state index contributed by atoms with van der Waals surface area (Å²) in [4.78, 5) is 16.3. The van der Waals surface area contributed by atoms with Gasteiger partial charge < -0.3 is 5.32 Å². The predicted molar refractivity (Wildman–Crippen MR) is 76.5 cm³/mol. The summed E-state index contributed by atoms with van der Waals surface area (Å²) in [5, 5.41) is 11.3. The van der Waals surface area contributed by atoms with Crippen molar-refractivity contribution in [2.45, 2.75) is 6.54 Å². The smallest absolute Gasteiger partial charge is 0.253 e. The number of amides is 1. The first kappa shape index (κ1) is 12.6. The van der Waals surface area contributed by atoms with Gasteiger partial charge in [-0.05, 0) is 5.39 Å². The topological polar surface area (TPSA) is 70.7 Å². The molecule has 20 heavy (non-hydrogen) atoms. The maximum Gasteiger partial charge on any atom is 0.253 e. The summed E-state index contributed by atoms with van der Waals surface area (Å²) in [5.41, 5.74) is 1.41. The number of rotatable bonds is 3. The van der Waals surface area contributed by atoms with Crippen LogP contribution in [0.5, 0.6) is 0 Å². The Bertz CT molecular complexity index is 755. The van der Waals surface area contributed by atoms with E-state index >= 15 is 0 Å². The molecule has 5 nitrogen and oxygen atoms in total. The van der Waals surface area contributed by atoms with Gasteiger partial charge in [0, 0.05) is 29.9 Å². The maximum atomic E-state index is 12.2. The minimum atomic E-state index is -0.188. The molecule has 0 unspecified atom stereocenters. The van der Waals surface area contributed by atoms with Crippen LogP contribution in [0.3, 0.4) is 0 Å². The maximum absolute atomic E-state index is 12.2. The Labute approximate surface area is 120 Å². The summed E-state index contributed by atoms with van der Waals surface area (Å²) in [6.45, 7) is 0.409.